The molecule has 34 nitrogen and oxygen atoms in total. The maximum Gasteiger partial charge on any atom is 0.315 e. The van der Waals surface area contributed by atoms with Crippen molar-refractivity contribution in [2.45, 2.75) is 217 Å². The van der Waals surface area contributed by atoms with Crippen molar-refractivity contribution in [2.75, 3.05) is 26.7 Å². The second-order valence-corrected chi connectivity index (χ2v) is 25.3. The summed E-state index contributed by atoms with van der Waals surface area (Å²) < 4.78 is 1.52. The molecule has 35 heteroatoms. The molecule has 0 saturated carbocycles. The first-order valence-electron chi connectivity index (χ1n) is 31.6. The molecule has 0 aliphatic carbocycles. The Balaban J connectivity index is 0.000000227. The van der Waals surface area contributed by atoms with Crippen molar-refractivity contribution < 1.29 is 86.3 Å². The van der Waals surface area contributed by atoms with Gasteiger partial charge in [-0.05, 0) is 112 Å². The number of rotatable bonds is 21. The average molecular weight is 1350 g/mol. The van der Waals surface area contributed by atoms with Gasteiger partial charge in [0.15, 0.2) is 0 Å². The molecule has 13 amide bonds. The third-order valence-corrected chi connectivity index (χ3v) is 17.8. The molecule has 1 aromatic rings. The summed E-state index contributed by atoms with van der Waals surface area (Å²) in [7, 11) is 1.40. The highest BCUT2D eigenvalue weighted by molar-refractivity contribution is 8.15. The van der Waals surface area contributed by atoms with Crippen LogP contribution in [-0.2, 0) is 83.3 Å². The molecule has 7 N–H and O–H groups in total. The Hall–Kier alpha value is -9.31. The third kappa shape index (κ3) is 19.2. The summed E-state index contributed by atoms with van der Waals surface area (Å²) in [6.07, 6.45) is 3.71. The van der Waals surface area contributed by atoms with Gasteiger partial charge in [-0.3, -0.25) is 91.8 Å². The lowest BCUT2D eigenvalue weighted by Gasteiger charge is -2.43. The van der Waals surface area contributed by atoms with Crippen LogP contribution in [0.5, 0.6) is 0 Å². The molecule has 0 spiro atoms. The van der Waals surface area contributed by atoms with Crippen molar-refractivity contribution in [3.8, 4) is 0 Å². The van der Waals surface area contributed by atoms with E-state index in [1.807, 2.05) is 20.8 Å². The van der Waals surface area contributed by atoms with E-state index in [-0.39, 0.29) is 137 Å². The fourth-order valence-corrected chi connectivity index (χ4v) is 13.0. The molecule has 2 unspecified atom stereocenters. The molecule has 0 aromatic carbocycles. The number of nitrogens with zero attached hydrogens (tertiary/aromatic N) is 9. The van der Waals surface area contributed by atoms with Crippen LogP contribution < -0.4 is 37.2 Å². The highest BCUT2D eigenvalue weighted by Crippen LogP contribution is 2.31. The third-order valence-electron chi connectivity index (χ3n) is 16.5. The minimum atomic E-state index is -1.04. The number of nitrogens with one attached hydrogen (secondary N) is 7. The standard InChI is InChI=1S/C22H30N6O6.C21H29N5O6S.C17H25N5O6/c1-4-26-18(10-13(2)25-26)21(33)24-16-7-8-19(31)27-9-5-6-17(28(27)22(16)34)20(32)23-15(12-29)11-14(3)30;1-11(28)9-14(10-27)23-19(30)16-5-4-8-25-17(29)7-6-15(21(32)26(16)25)24-20(31)18-12(2)22-13(3)33-18;1-10(24)8-11(9-23)19-15(26)13-4-3-7-21-14(25)6-5-12(16(27)22(13)21)20-17(28)18-2/h10,12,15-17H,4-9,11H2,1-3H3,(H,23,32)(H,24,33);10,12,14-16,18H,4-9H2,1-3H3,(H,23,30)(H,24,31);9,11-13H,3-8H2,1-2H3,(H,19,26)(H2,18,20,28)/t15-,16-,17-;12?,14-,15-,16-,18?;11-,12-,13-/m000/s1. The van der Waals surface area contributed by atoms with E-state index in [0.717, 1.165) is 20.1 Å². The van der Waals surface area contributed by atoms with Gasteiger partial charge in [0.05, 0.1) is 34.9 Å². The van der Waals surface area contributed by atoms with Crippen LogP contribution in [0.15, 0.2) is 11.1 Å². The molecule has 7 aliphatic heterocycles. The van der Waals surface area contributed by atoms with E-state index in [9.17, 15) is 86.3 Å². The number of urea groups is 1. The highest BCUT2D eigenvalue weighted by atomic mass is 32.2. The summed E-state index contributed by atoms with van der Waals surface area (Å²) >= 11 is 1.33. The molecule has 8 heterocycles. The average Bonchev–Trinajstić information content (AvgIpc) is 1.78. The van der Waals surface area contributed by atoms with Gasteiger partial charge in [-0.2, -0.15) is 5.10 Å². The summed E-state index contributed by atoms with van der Waals surface area (Å²) in [6, 6.07) is -8.23. The van der Waals surface area contributed by atoms with Crippen LogP contribution in [0.25, 0.3) is 0 Å². The number of fused-ring (bicyclic) bond motifs is 3. The van der Waals surface area contributed by atoms with Gasteiger partial charge in [0.1, 0.15) is 83.4 Å². The quantitative estimate of drug-likeness (QED) is 0.0629. The Labute approximate surface area is 551 Å². The molecule has 0 radical (unpaired) electrons. The number of hydrazine groups is 3. The van der Waals surface area contributed by atoms with Gasteiger partial charge >= 0.3 is 6.03 Å². The van der Waals surface area contributed by atoms with Crippen molar-refractivity contribution in [1.82, 2.24) is 77.1 Å². The van der Waals surface area contributed by atoms with Crippen LogP contribution in [0.2, 0.25) is 0 Å². The number of carbonyl (C=O) groups is 18. The zero-order chi connectivity index (χ0) is 70.1. The molecular weight excluding hydrogens is 1260 g/mol. The highest BCUT2D eigenvalue weighted by Gasteiger charge is 2.49. The first-order valence-corrected chi connectivity index (χ1v) is 32.4. The number of hydrogen-bond acceptors (Lipinski definition) is 21. The van der Waals surface area contributed by atoms with E-state index in [1.165, 1.54) is 59.3 Å². The van der Waals surface area contributed by atoms with Gasteiger partial charge < -0.3 is 51.6 Å². The number of aromatic nitrogens is 2. The van der Waals surface area contributed by atoms with E-state index >= 15 is 0 Å². The Morgan fingerprint density at radius 1 is 0.558 bits per heavy atom. The maximum absolute atomic E-state index is 13.5. The number of carbonyl (C=O) groups excluding carboxylic acids is 18. The van der Waals surface area contributed by atoms with Crippen LogP contribution in [0.1, 0.15) is 154 Å². The fraction of sp³-hybridized carbons (Fsp3) is 0.633. The van der Waals surface area contributed by atoms with Gasteiger partial charge in [0.25, 0.3) is 23.6 Å². The number of amides is 13. The summed E-state index contributed by atoms with van der Waals surface area (Å²) in [5.74, 6) is -6.14. The second-order valence-electron chi connectivity index (χ2n) is 23.9. The van der Waals surface area contributed by atoms with Crippen LogP contribution in [-0.4, -0.2) is 244 Å². The molecule has 11 atom stereocenters. The Morgan fingerprint density at radius 3 is 1.25 bits per heavy atom. The van der Waals surface area contributed by atoms with Gasteiger partial charge in [-0.1, -0.05) is 11.8 Å². The zero-order valence-electron chi connectivity index (χ0n) is 54.4. The van der Waals surface area contributed by atoms with Crippen molar-refractivity contribution in [3.63, 3.8) is 0 Å². The maximum atomic E-state index is 13.5. The first kappa shape index (κ1) is 74.7. The lowest BCUT2D eigenvalue weighted by atomic mass is 10.0. The molecule has 6 fully saturated rings. The molecule has 1 aromatic heterocycles. The van der Waals surface area contributed by atoms with Crippen LogP contribution in [0, 0.1) is 6.92 Å². The largest absolute Gasteiger partial charge is 0.344 e. The van der Waals surface area contributed by atoms with Gasteiger partial charge in [-0.15, -0.1) is 0 Å². The van der Waals surface area contributed by atoms with Crippen molar-refractivity contribution in [3.05, 3.63) is 17.5 Å². The van der Waals surface area contributed by atoms with Crippen LogP contribution in [0.4, 0.5) is 4.79 Å². The van der Waals surface area contributed by atoms with E-state index < -0.39 is 107 Å². The lowest BCUT2D eigenvalue weighted by Crippen LogP contribution is -2.64. The SMILES string of the molecule is CC(=O)C[C@@H](C=O)NC(=O)[C@@H]1CCCN2C(=O)CC[C@H](NC(=O)C3SC(C)=NC3C)C(=O)N12.CCn1nc(C)cc1C(=O)N[C@H]1CCC(=O)N2CCC[C@@H](C(=O)N[C@H](C=O)CC(C)=O)N2C1=O.CNC(=O)N[C@H]1CCC(=O)N2CCC[C@@H](C(=O)N[C@H](C=O)CC(C)=O)N2C1=O. The summed E-state index contributed by atoms with van der Waals surface area (Å²) in [6.45, 7) is 12.5. The number of hydrogen-bond donors (Lipinski definition) is 7. The summed E-state index contributed by atoms with van der Waals surface area (Å²) in [5, 5.41) is 29.4. The van der Waals surface area contributed by atoms with E-state index in [4.69, 9.17) is 0 Å². The van der Waals surface area contributed by atoms with Crippen LogP contribution >= 0.6 is 11.8 Å². The predicted octanol–water partition coefficient (Wildman–Crippen LogP) is -2.44. The summed E-state index contributed by atoms with van der Waals surface area (Å²) in [5.41, 5.74) is 0.954. The fourth-order valence-electron chi connectivity index (χ4n) is 12.0. The number of ketones is 3. The van der Waals surface area contributed by atoms with Crippen molar-refractivity contribution in [1.29, 1.82) is 0 Å². The summed E-state index contributed by atoms with van der Waals surface area (Å²) in [4.78, 5) is 226. The molecule has 95 heavy (non-hydrogen) atoms. The van der Waals surface area contributed by atoms with E-state index in [1.54, 1.807) is 13.0 Å². The monoisotopic (exact) mass is 1350 g/mol. The lowest BCUT2D eigenvalue weighted by molar-refractivity contribution is -0.176. The van der Waals surface area contributed by atoms with Gasteiger partial charge in [-0.25, -0.2) is 19.8 Å². The number of aliphatic imine (C=N–C) groups is 1. The molecule has 8 rings (SSSR count). The predicted molar refractivity (Wildman–Crippen MR) is 333 cm³/mol. The van der Waals surface area contributed by atoms with Crippen molar-refractivity contribution in [2.24, 2.45) is 4.99 Å². The molecule has 0 bridgehead atoms. The topological polar surface area (TPSA) is 441 Å². The normalized spacial score (nSPS) is 24.4. The Morgan fingerprint density at radius 2 is 0.926 bits per heavy atom. The first-order chi connectivity index (χ1) is 45.0. The molecule has 6 saturated heterocycles. The number of aldehydes is 3. The number of Topliss-reactive ketones (excluding diaryl/α,β-unsaturated/α-hetero) is 3. The minimum Gasteiger partial charge on any atom is -0.344 e. The molecular formula is C60H84N16O18S. The van der Waals surface area contributed by atoms with E-state index in [0.29, 0.717) is 62.5 Å². The minimum absolute atomic E-state index is 0.0227. The van der Waals surface area contributed by atoms with Gasteiger partial charge in [0.2, 0.25) is 41.4 Å². The van der Waals surface area contributed by atoms with Crippen molar-refractivity contribution >= 4 is 124 Å². The smallest absolute Gasteiger partial charge is 0.315 e. The Bertz CT molecular complexity index is 3230. The van der Waals surface area contributed by atoms with Crippen LogP contribution in [0.3, 0.4) is 0 Å². The number of thioether (sulfide) groups is 1. The second kappa shape index (κ2) is 34.2. The molecule has 518 valence electrons. The molecule has 7 aliphatic rings. The van der Waals surface area contributed by atoms with Gasteiger partial charge in [0, 0.05) is 71.8 Å². The number of aryl methyl sites for hydroxylation is 2. The van der Waals surface area contributed by atoms with E-state index in [2.05, 4.69) is 47.3 Å². The Kier molecular flexibility index (Phi) is 26.9. The zero-order valence-corrected chi connectivity index (χ0v) is 55.2.